The van der Waals surface area contributed by atoms with Crippen molar-refractivity contribution >= 4 is 70.4 Å². The van der Waals surface area contributed by atoms with Crippen molar-refractivity contribution in [2.75, 3.05) is 5.32 Å². The second-order valence-electron chi connectivity index (χ2n) is 3.47. The van der Waals surface area contributed by atoms with Crippen molar-refractivity contribution in [2.45, 2.75) is 4.90 Å². The summed E-state index contributed by atoms with van der Waals surface area (Å²) in [6.45, 7) is 0. The molecule has 0 fully saturated rings. The molecule has 0 aliphatic rings. The third-order valence-corrected chi connectivity index (χ3v) is 3.05. The van der Waals surface area contributed by atoms with Crippen molar-refractivity contribution in [3.05, 3.63) is 54.6 Å². The number of anilines is 2. The Balaban J connectivity index is 0.00000162. The predicted octanol–water partition coefficient (Wildman–Crippen LogP) is 1.95. The predicted molar refractivity (Wildman–Crippen MR) is 69.9 cm³/mol. The van der Waals surface area contributed by atoms with Gasteiger partial charge in [-0.25, -0.2) is 8.42 Å². The second kappa shape index (κ2) is 6.76. The summed E-state index contributed by atoms with van der Waals surface area (Å²) in [6.07, 6.45) is 0. The van der Waals surface area contributed by atoms with Crippen LogP contribution in [0, 0.1) is 0 Å². The van der Waals surface area contributed by atoms with Gasteiger partial charge in [0.15, 0.2) is 0 Å². The van der Waals surface area contributed by atoms with Crippen LogP contribution in [0.2, 0.25) is 0 Å². The molecule has 1 N–H and O–H groups in total. The van der Waals surface area contributed by atoms with Crippen molar-refractivity contribution in [1.29, 1.82) is 0 Å². The number of nitrogens with one attached hydrogen (secondary N) is 1. The molecule has 88 valence electrons. The van der Waals surface area contributed by atoms with Gasteiger partial charge in [-0.3, -0.25) is 0 Å². The summed E-state index contributed by atoms with van der Waals surface area (Å²) in [7, 11) is -4.37. The summed E-state index contributed by atoms with van der Waals surface area (Å²) in [5.74, 6) is 0. The van der Waals surface area contributed by atoms with Crippen LogP contribution in [-0.4, -0.2) is 61.9 Å². The molecule has 0 aromatic heterocycles. The molecular weight excluding hydrogens is 376 g/mol. The minimum Gasteiger partial charge on any atom is -0.744 e. The van der Waals surface area contributed by atoms with Crippen molar-refractivity contribution in [2.24, 2.45) is 0 Å². The van der Waals surface area contributed by atoms with Crippen LogP contribution in [0.25, 0.3) is 0 Å². The van der Waals surface area contributed by atoms with Crippen molar-refractivity contribution in [3.63, 3.8) is 0 Å². The second-order valence-corrected chi connectivity index (χ2v) is 4.85. The molecule has 0 saturated heterocycles. The summed E-state index contributed by atoms with van der Waals surface area (Å²) >= 11 is 0. The minimum absolute atomic E-state index is 0. The molecule has 0 aliphatic carbocycles. The van der Waals surface area contributed by atoms with Crippen molar-refractivity contribution in [3.8, 4) is 0 Å². The monoisotopic (exact) mass is 386 g/mol. The Morgan fingerprint density at radius 2 is 1.33 bits per heavy atom. The third-order valence-electron chi connectivity index (χ3n) is 2.21. The van der Waals surface area contributed by atoms with Gasteiger partial charge in [-0.1, -0.05) is 18.2 Å². The molecule has 0 atom stereocenters. The van der Waals surface area contributed by atoms with E-state index in [1.54, 1.807) is 12.1 Å². The first-order chi connectivity index (χ1) is 8.05. The average Bonchev–Trinajstić information content (AvgIpc) is 2.30. The van der Waals surface area contributed by atoms with Gasteiger partial charge in [0.05, 0.1) is 4.90 Å². The Kier molecular flexibility index (Phi) is 5.93. The van der Waals surface area contributed by atoms with Gasteiger partial charge in [0.1, 0.15) is 10.1 Å². The summed E-state index contributed by atoms with van der Waals surface area (Å²) in [6, 6.07) is 15.1. The van der Waals surface area contributed by atoms with E-state index in [2.05, 4.69) is 5.32 Å². The van der Waals surface area contributed by atoms with Crippen LogP contribution in [0.15, 0.2) is 59.5 Å². The van der Waals surface area contributed by atoms with Crippen LogP contribution in [0.1, 0.15) is 0 Å². The molecule has 6 heteroatoms. The van der Waals surface area contributed by atoms with Crippen molar-refractivity contribution < 1.29 is 13.0 Å². The fourth-order valence-corrected chi connectivity index (χ4v) is 1.86. The molecule has 0 spiro atoms. The smallest absolute Gasteiger partial charge is 0.744 e. The number of hydrogen-bond donors (Lipinski definition) is 1. The van der Waals surface area contributed by atoms with E-state index in [9.17, 15) is 13.0 Å². The molecule has 0 heterocycles. The van der Waals surface area contributed by atoms with E-state index in [-0.39, 0.29) is 53.8 Å². The van der Waals surface area contributed by atoms with E-state index in [0.29, 0.717) is 0 Å². The molecule has 0 radical (unpaired) electrons. The Morgan fingerprint density at radius 3 is 1.83 bits per heavy atom. The third kappa shape index (κ3) is 4.43. The van der Waals surface area contributed by atoms with Crippen LogP contribution in [-0.2, 0) is 10.1 Å². The van der Waals surface area contributed by atoms with Gasteiger partial charge in [0.2, 0.25) is 0 Å². The molecule has 2 rings (SSSR count). The molecule has 2 aromatic rings. The van der Waals surface area contributed by atoms with E-state index in [0.717, 1.165) is 11.4 Å². The molecule has 4 nitrogen and oxygen atoms in total. The zero-order valence-electron chi connectivity index (χ0n) is 9.54. The summed E-state index contributed by atoms with van der Waals surface area (Å²) in [5.41, 5.74) is 1.62. The van der Waals surface area contributed by atoms with Crippen LogP contribution >= 0.6 is 0 Å². The fraction of sp³-hybridized carbons (Fsp3) is 0. The largest absolute Gasteiger partial charge is 2.00 e. The molecule has 0 amide bonds. The van der Waals surface area contributed by atoms with Crippen molar-refractivity contribution in [1.82, 2.24) is 0 Å². The molecule has 0 aliphatic heterocycles. The van der Waals surface area contributed by atoms with Gasteiger partial charge in [-0.2, -0.15) is 0 Å². The fourth-order valence-electron chi connectivity index (χ4n) is 1.39. The molecule has 18 heavy (non-hydrogen) atoms. The van der Waals surface area contributed by atoms with Crippen LogP contribution in [0.5, 0.6) is 0 Å². The molecule has 0 unspecified atom stereocenters. The Hall–Kier alpha value is -0.279. The summed E-state index contributed by atoms with van der Waals surface area (Å²) < 4.78 is 32.2. The quantitative estimate of drug-likeness (QED) is 0.648. The van der Waals surface area contributed by atoms with Gasteiger partial charge in [0, 0.05) is 11.4 Å². The Morgan fingerprint density at radius 1 is 0.833 bits per heavy atom. The zero-order valence-corrected chi connectivity index (χ0v) is 14.8. The standard InChI is InChI=1S/C12H11NO3S.Ba/c14-17(15,16)12-8-6-11(7-9-12)13-10-4-2-1-3-5-10;/h1-9,13H,(H,14,15,16);/q;+2/p-1. The first kappa shape index (κ1) is 15.8. The van der Waals surface area contributed by atoms with Gasteiger partial charge < -0.3 is 9.87 Å². The molecule has 0 bridgehead atoms. The van der Waals surface area contributed by atoms with E-state index in [4.69, 9.17) is 0 Å². The Bertz CT molecular complexity index is 597. The first-order valence-corrected chi connectivity index (χ1v) is 6.34. The van der Waals surface area contributed by atoms with E-state index in [1.165, 1.54) is 12.1 Å². The number of para-hydroxylation sites is 1. The van der Waals surface area contributed by atoms with Gasteiger partial charge in [0.25, 0.3) is 0 Å². The number of benzene rings is 2. The molecule has 0 saturated carbocycles. The molecule has 2 aromatic carbocycles. The van der Waals surface area contributed by atoms with Gasteiger partial charge in [-0.15, -0.1) is 0 Å². The Labute approximate surface area is 146 Å². The zero-order chi connectivity index (χ0) is 12.3. The SMILES string of the molecule is O=S(=O)([O-])c1ccc(Nc2ccccc2)cc1.[Ba+2]. The maximum atomic E-state index is 10.7. The number of rotatable bonds is 3. The minimum atomic E-state index is -4.37. The van der Waals surface area contributed by atoms with E-state index in [1.807, 2.05) is 30.3 Å². The maximum Gasteiger partial charge on any atom is 2.00 e. The number of hydrogen-bond acceptors (Lipinski definition) is 4. The van der Waals surface area contributed by atoms with Gasteiger partial charge >= 0.3 is 48.9 Å². The summed E-state index contributed by atoms with van der Waals surface area (Å²) in [4.78, 5) is -0.226. The van der Waals surface area contributed by atoms with E-state index < -0.39 is 10.1 Å². The average molecular weight is 386 g/mol. The topological polar surface area (TPSA) is 69.2 Å². The van der Waals surface area contributed by atoms with Crippen LogP contribution < -0.4 is 5.32 Å². The normalized spacial score (nSPS) is 10.5. The first-order valence-electron chi connectivity index (χ1n) is 4.94. The summed E-state index contributed by atoms with van der Waals surface area (Å²) in [5, 5.41) is 3.09. The van der Waals surface area contributed by atoms with Gasteiger partial charge in [-0.05, 0) is 36.4 Å². The maximum absolute atomic E-state index is 10.7. The van der Waals surface area contributed by atoms with E-state index >= 15 is 0 Å². The van der Waals surface area contributed by atoms with Crippen LogP contribution in [0.4, 0.5) is 11.4 Å². The van der Waals surface area contributed by atoms with Crippen LogP contribution in [0.3, 0.4) is 0 Å². The molecular formula is C12H10BaNO3S+.